The number of amides is 1. The Kier molecular flexibility index (Phi) is 2.26. The molecule has 1 atom stereocenters. The first-order valence-electron chi connectivity index (χ1n) is 4.55. The average molecular weight is 202 g/mol. The van der Waals surface area contributed by atoms with Gasteiger partial charge in [0.2, 0.25) is 5.91 Å². The molecule has 0 aromatic carbocycles. The second kappa shape index (κ2) is 3.58. The summed E-state index contributed by atoms with van der Waals surface area (Å²) < 4.78 is 0. The van der Waals surface area contributed by atoms with Crippen LogP contribution in [0.15, 0.2) is 12.4 Å². The molecule has 1 aliphatic rings. The summed E-state index contributed by atoms with van der Waals surface area (Å²) in [6, 6.07) is 0. The van der Waals surface area contributed by atoms with Gasteiger partial charge in [-0.15, -0.1) is 12.3 Å². The van der Waals surface area contributed by atoms with E-state index in [1.165, 1.54) is 17.3 Å². The molecular formula is C10H10N4O. The lowest BCUT2D eigenvalue weighted by Gasteiger charge is -2.15. The number of nitrogens with zero attached hydrogens (tertiary/aromatic N) is 3. The summed E-state index contributed by atoms with van der Waals surface area (Å²) in [5, 5.41) is 0. The van der Waals surface area contributed by atoms with Crippen LogP contribution in [0, 0.1) is 18.3 Å². The van der Waals surface area contributed by atoms with E-state index in [0.717, 1.165) is 0 Å². The van der Waals surface area contributed by atoms with Gasteiger partial charge in [-0.25, -0.2) is 9.97 Å². The Morgan fingerprint density at radius 2 is 2.27 bits per heavy atom. The summed E-state index contributed by atoms with van der Waals surface area (Å²) >= 11 is 0. The first-order chi connectivity index (χ1) is 7.22. The molecule has 1 saturated heterocycles. The molecule has 0 spiro atoms. The van der Waals surface area contributed by atoms with E-state index in [1.54, 1.807) is 0 Å². The Bertz CT molecular complexity index is 437. The van der Waals surface area contributed by atoms with Crippen LogP contribution in [0.4, 0.5) is 11.6 Å². The molecule has 0 saturated carbocycles. The summed E-state index contributed by atoms with van der Waals surface area (Å²) in [7, 11) is 0. The molecule has 2 rings (SSSR count). The van der Waals surface area contributed by atoms with Gasteiger partial charge in [-0.05, 0) is 0 Å². The molecule has 1 fully saturated rings. The number of aromatic nitrogens is 2. The zero-order valence-corrected chi connectivity index (χ0v) is 8.05. The largest absolute Gasteiger partial charge is 0.381 e. The summed E-state index contributed by atoms with van der Waals surface area (Å²) in [5.41, 5.74) is 5.63. The number of hydrogen-bond donors (Lipinski definition) is 1. The van der Waals surface area contributed by atoms with Crippen LogP contribution in [-0.4, -0.2) is 22.4 Å². The summed E-state index contributed by atoms with van der Waals surface area (Å²) in [4.78, 5) is 21.0. The maximum absolute atomic E-state index is 11.6. The topological polar surface area (TPSA) is 72.1 Å². The van der Waals surface area contributed by atoms with E-state index in [1.807, 2.05) is 0 Å². The predicted molar refractivity (Wildman–Crippen MR) is 55.7 cm³/mol. The van der Waals surface area contributed by atoms with Crippen molar-refractivity contribution in [1.29, 1.82) is 0 Å². The fourth-order valence-corrected chi connectivity index (χ4v) is 1.57. The number of carbonyl (C=O) groups is 1. The third kappa shape index (κ3) is 1.62. The second-order valence-corrected chi connectivity index (χ2v) is 3.34. The van der Waals surface area contributed by atoms with Crippen LogP contribution >= 0.6 is 0 Å². The molecular weight excluding hydrogens is 192 g/mol. The van der Waals surface area contributed by atoms with E-state index < -0.39 is 0 Å². The van der Waals surface area contributed by atoms with E-state index in [4.69, 9.17) is 12.2 Å². The van der Waals surface area contributed by atoms with Crippen LogP contribution in [-0.2, 0) is 4.79 Å². The predicted octanol–water partition coefficient (Wildman–Crippen LogP) is 0.0449. The van der Waals surface area contributed by atoms with Crippen LogP contribution < -0.4 is 10.6 Å². The fraction of sp³-hybridized carbons (Fsp3) is 0.300. The van der Waals surface area contributed by atoms with Gasteiger partial charge >= 0.3 is 0 Å². The Hall–Kier alpha value is -2.09. The number of nitrogen functional groups attached to an aromatic ring is 1. The van der Waals surface area contributed by atoms with Crippen molar-refractivity contribution in [3.63, 3.8) is 0 Å². The minimum Gasteiger partial charge on any atom is -0.381 e. The van der Waals surface area contributed by atoms with Gasteiger partial charge in [0.15, 0.2) is 11.6 Å². The Labute approximate surface area is 87.3 Å². The highest BCUT2D eigenvalue weighted by Crippen LogP contribution is 2.25. The monoisotopic (exact) mass is 202 g/mol. The first-order valence-corrected chi connectivity index (χ1v) is 4.55. The molecule has 1 aromatic heterocycles. The molecule has 1 aromatic rings. The van der Waals surface area contributed by atoms with Crippen molar-refractivity contribution < 1.29 is 4.79 Å². The fourth-order valence-electron chi connectivity index (χ4n) is 1.57. The number of rotatable bonds is 1. The molecule has 1 amide bonds. The highest BCUT2D eigenvalue weighted by molar-refractivity contribution is 5.97. The van der Waals surface area contributed by atoms with Gasteiger partial charge < -0.3 is 5.73 Å². The van der Waals surface area contributed by atoms with Gasteiger partial charge in [0.05, 0.1) is 0 Å². The van der Waals surface area contributed by atoms with Crippen molar-refractivity contribution in [2.24, 2.45) is 5.92 Å². The van der Waals surface area contributed by atoms with Crippen molar-refractivity contribution >= 4 is 17.5 Å². The summed E-state index contributed by atoms with van der Waals surface area (Å²) in [6.45, 7) is 0.470. The smallest absolute Gasteiger partial charge is 0.229 e. The zero-order chi connectivity index (χ0) is 10.8. The van der Waals surface area contributed by atoms with Gasteiger partial charge in [0, 0.05) is 31.3 Å². The van der Waals surface area contributed by atoms with Crippen molar-refractivity contribution in [2.45, 2.75) is 6.42 Å². The van der Waals surface area contributed by atoms with Gasteiger partial charge in [0.1, 0.15) is 0 Å². The molecule has 0 aliphatic carbocycles. The molecule has 2 heterocycles. The van der Waals surface area contributed by atoms with Gasteiger partial charge in [-0.1, -0.05) is 0 Å². The normalized spacial score (nSPS) is 20.3. The number of terminal acetylenes is 1. The second-order valence-electron chi connectivity index (χ2n) is 3.34. The molecule has 15 heavy (non-hydrogen) atoms. The van der Waals surface area contributed by atoms with Crippen molar-refractivity contribution in [2.75, 3.05) is 17.2 Å². The zero-order valence-electron chi connectivity index (χ0n) is 8.05. The van der Waals surface area contributed by atoms with E-state index in [9.17, 15) is 4.79 Å². The highest BCUT2D eigenvalue weighted by Gasteiger charge is 2.31. The van der Waals surface area contributed by atoms with Crippen LogP contribution in [0.3, 0.4) is 0 Å². The summed E-state index contributed by atoms with van der Waals surface area (Å²) in [5.74, 6) is 3.11. The molecule has 1 aliphatic heterocycles. The average Bonchev–Trinajstić information content (AvgIpc) is 2.60. The minimum atomic E-state index is -0.0566. The van der Waals surface area contributed by atoms with Crippen LogP contribution in [0.2, 0.25) is 0 Å². The number of hydrogen-bond acceptors (Lipinski definition) is 4. The first kappa shape index (κ1) is 9.46. The van der Waals surface area contributed by atoms with Crippen LogP contribution in [0.25, 0.3) is 0 Å². The van der Waals surface area contributed by atoms with E-state index in [-0.39, 0.29) is 17.6 Å². The third-order valence-corrected chi connectivity index (χ3v) is 2.32. The van der Waals surface area contributed by atoms with Crippen molar-refractivity contribution in [3.05, 3.63) is 12.4 Å². The lowest BCUT2D eigenvalue weighted by Crippen LogP contribution is -2.26. The molecule has 5 heteroatoms. The number of anilines is 2. The highest BCUT2D eigenvalue weighted by atomic mass is 16.2. The van der Waals surface area contributed by atoms with E-state index >= 15 is 0 Å². The number of nitrogens with two attached hydrogens (primary N) is 1. The molecule has 5 nitrogen and oxygen atoms in total. The lowest BCUT2D eigenvalue weighted by atomic mass is 10.1. The Morgan fingerprint density at radius 3 is 2.87 bits per heavy atom. The SMILES string of the molecule is C#CC1CC(=O)N(c2nccnc2N)C1. The third-order valence-electron chi connectivity index (χ3n) is 2.32. The quantitative estimate of drug-likeness (QED) is 0.653. The molecule has 1 unspecified atom stereocenters. The van der Waals surface area contributed by atoms with Gasteiger partial charge in [-0.3, -0.25) is 9.69 Å². The van der Waals surface area contributed by atoms with Crippen LogP contribution in [0.1, 0.15) is 6.42 Å². The van der Waals surface area contributed by atoms with E-state index in [0.29, 0.717) is 18.8 Å². The Morgan fingerprint density at radius 1 is 1.53 bits per heavy atom. The minimum absolute atomic E-state index is 0.0508. The maximum Gasteiger partial charge on any atom is 0.229 e. The van der Waals surface area contributed by atoms with Gasteiger partial charge in [-0.2, -0.15) is 0 Å². The van der Waals surface area contributed by atoms with Crippen molar-refractivity contribution in [3.8, 4) is 12.3 Å². The molecule has 0 radical (unpaired) electrons. The van der Waals surface area contributed by atoms with Gasteiger partial charge in [0.25, 0.3) is 0 Å². The molecule has 2 N–H and O–H groups in total. The summed E-state index contributed by atoms with van der Waals surface area (Å²) in [6.07, 6.45) is 8.62. The lowest BCUT2D eigenvalue weighted by molar-refractivity contribution is -0.117. The standard InChI is InChI=1S/C10H10N4O/c1-2-7-5-8(15)14(6-7)10-9(11)12-3-4-13-10/h1,3-4,7H,5-6H2,(H2,11,12). The Balaban J connectivity index is 2.30. The number of carbonyl (C=O) groups excluding carboxylic acids is 1. The van der Waals surface area contributed by atoms with Crippen LogP contribution in [0.5, 0.6) is 0 Å². The van der Waals surface area contributed by atoms with E-state index in [2.05, 4.69) is 15.9 Å². The maximum atomic E-state index is 11.6. The van der Waals surface area contributed by atoms with Crippen molar-refractivity contribution in [1.82, 2.24) is 9.97 Å². The molecule has 0 bridgehead atoms. The molecule has 76 valence electrons.